The fourth-order valence-electron chi connectivity index (χ4n) is 1.48. The van der Waals surface area contributed by atoms with Crippen LogP contribution in [0.4, 0.5) is 0 Å². The molecule has 3 nitrogen and oxygen atoms in total. The minimum Gasteiger partial charge on any atom is -0.212 e. The first-order chi connectivity index (χ1) is 7.11. The maximum atomic E-state index is 6.08. The molecule has 0 fully saturated rings. The standard InChI is InChI=1S/C11H14ClN3/c1-4-8(3)11-13-10-6-7(2)5-9(12)15(10)14-11/h5-6,8H,4H2,1-3H3. The van der Waals surface area contributed by atoms with E-state index in [2.05, 4.69) is 23.9 Å². The summed E-state index contributed by atoms with van der Waals surface area (Å²) in [5.74, 6) is 1.24. The first kappa shape index (κ1) is 10.4. The number of rotatable bonds is 2. The van der Waals surface area contributed by atoms with E-state index in [1.165, 1.54) is 0 Å². The van der Waals surface area contributed by atoms with Gasteiger partial charge in [0.05, 0.1) is 0 Å². The van der Waals surface area contributed by atoms with Crippen molar-refractivity contribution < 1.29 is 0 Å². The first-order valence-electron chi connectivity index (χ1n) is 5.14. The van der Waals surface area contributed by atoms with Crippen molar-refractivity contribution in [3.63, 3.8) is 0 Å². The molecule has 0 N–H and O–H groups in total. The molecule has 0 saturated heterocycles. The molecule has 0 aliphatic carbocycles. The number of pyridine rings is 1. The molecule has 1 atom stereocenters. The van der Waals surface area contributed by atoms with Crippen LogP contribution in [0.25, 0.3) is 5.65 Å². The van der Waals surface area contributed by atoms with Crippen LogP contribution in [0.15, 0.2) is 12.1 Å². The zero-order valence-electron chi connectivity index (χ0n) is 9.16. The molecule has 2 aromatic heterocycles. The summed E-state index contributed by atoms with van der Waals surface area (Å²) in [6.45, 7) is 6.25. The molecular formula is C11H14ClN3. The Morgan fingerprint density at radius 2 is 2.20 bits per heavy atom. The Labute approximate surface area is 94.1 Å². The van der Waals surface area contributed by atoms with Gasteiger partial charge in [0, 0.05) is 5.92 Å². The molecule has 4 heteroatoms. The fraction of sp³-hybridized carbons (Fsp3) is 0.455. The van der Waals surface area contributed by atoms with Crippen LogP contribution in [-0.4, -0.2) is 14.6 Å². The third-order valence-electron chi connectivity index (χ3n) is 2.61. The van der Waals surface area contributed by atoms with Crippen LogP contribution in [0, 0.1) is 6.92 Å². The summed E-state index contributed by atoms with van der Waals surface area (Å²) in [6.07, 6.45) is 1.04. The molecule has 0 spiro atoms. The van der Waals surface area contributed by atoms with E-state index in [4.69, 9.17) is 11.6 Å². The Kier molecular flexibility index (Phi) is 2.65. The summed E-state index contributed by atoms with van der Waals surface area (Å²) in [6, 6.07) is 3.88. The highest BCUT2D eigenvalue weighted by Crippen LogP contribution is 2.19. The number of fused-ring (bicyclic) bond motifs is 1. The van der Waals surface area contributed by atoms with Gasteiger partial charge in [0.1, 0.15) is 5.15 Å². The van der Waals surface area contributed by atoms with Crippen molar-refractivity contribution in [1.82, 2.24) is 14.6 Å². The molecule has 0 aromatic carbocycles. The lowest BCUT2D eigenvalue weighted by molar-refractivity contribution is 0.676. The second-order valence-corrected chi connectivity index (χ2v) is 4.29. The van der Waals surface area contributed by atoms with E-state index in [1.54, 1.807) is 4.52 Å². The molecule has 0 aliphatic rings. The van der Waals surface area contributed by atoms with E-state index in [9.17, 15) is 0 Å². The van der Waals surface area contributed by atoms with Crippen LogP contribution in [0.3, 0.4) is 0 Å². The van der Waals surface area contributed by atoms with Gasteiger partial charge in [-0.25, -0.2) is 9.50 Å². The minimum atomic E-state index is 0.376. The van der Waals surface area contributed by atoms with Crippen LogP contribution >= 0.6 is 11.6 Å². The summed E-state index contributed by atoms with van der Waals surface area (Å²) >= 11 is 6.08. The molecule has 0 saturated carbocycles. The van der Waals surface area contributed by atoms with E-state index in [-0.39, 0.29) is 0 Å². The van der Waals surface area contributed by atoms with Crippen molar-refractivity contribution in [3.05, 3.63) is 28.7 Å². The molecular weight excluding hydrogens is 210 g/mol. The van der Waals surface area contributed by atoms with Gasteiger partial charge in [0.25, 0.3) is 0 Å². The predicted molar refractivity (Wildman–Crippen MR) is 61.4 cm³/mol. The van der Waals surface area contributed by atoms with Crippen LogP contribution in [0.2, 0.25) is 5.15 Å². The average molecular weight is 224 g/mol. The molecule has 1 unspecified atom stereocenters. The third-order valence-corrected chi connectivity index (χ3v) is 2.88. The number of aryl methyl sites for hydroxylation is 1. The Morgan fingerprint density at radius 1 is 1.47 bits per heavy atom. The van der Waals surface area contributed by atoms with Gasteiger partial charge in [-0.05, 0) is 31.0 Å². The van der Waals surface area contributed by atoms with Gasteiger partial charge in [-0.1, -0.05) is 25.4 Å². The first-order valence-corrected chi connectivity index (χ1v) is 5.52. The van der Waals surface area contributed by atoms with Crippen molar-refractivity contribution >= 4 is 17.2 Å². The number of hydrogen-bond donors (Lipinski definition) is 0. The van der Waals surface area contributed by atoms with Crippen LogP contribution in [0.5, 0.6) is 0 Å². The van der Waals surface area contributed by atoms with Crippen LogP contribution < -0.4 is 0 Å². The molecule has 0 aliphatic heterocycles. The summed E-state index contributed by atoms with van der Waals surface area (Å²) in [5.41, 5.74) is 1.94. The monoisotopic (exact) mass is 223 g/mol. The summed E-state index contributed by atoms with van der Waals surface area (Å²) in [4.78, 5) is 4.47. The van der Waals surface area contributed by atoms with E-state index >= 15 is 0 Å². The molecule has 0 amide bonds. The largest absolute Gasteiger partial charge is 0.212 e. The summed E-state index contributed by atoms with van der Waals surface area (Å²) in [7, 11) is 0. The lowest BCUT2D eigenvalue weighted by Gasteiger charge is -1.99. The Balaban J connectivity index is 2.60. The van der Waals surface area contributed by atoms with E-state index in [1.807, 2.05) is 19.1 Å². The lowest BCUT2D eigenvalue weighted by Crippen LogP contribution is -1.95. The van der Waals surface area contributed by atoms with E-state index < -0.39 is 0 Å². The molecule has 2 heterocycles. The van der Waals surface area contributed by atoms with E-state index in [0.29, 0.717) is 11.1 Å². The highest BCUT2D eigenvalue weighted by Gasteiger charge is 2.11. The van der Waals surface area contributed by atoms with Gasteiger partial charge in [0.2, 0.25) is 0 Å². The zero-order valence-corrected chi connectivity index (χ0v) is 9.91. The topological polar surface area (TPSA) is 30.2 Å². The third kappa shape index (κ3) is 1.84. The maximum Gasteiger partial charge on any atom is 0.157 e. The van der Waals surface area contributed by atoms with E-state index in [0.717, 1.165) is 23.5 Å². The molecule has 15 heavy (non-hydrogen) atoms. The SMILES string of the molecule is CCC(C)c1nc2cc(C)cc(Cl)n2n1. The quantitative estimate of drug-likeness (QED) is 0.732. The Hall–Kier alpha value is -1.09. The Bertz CT molecular complexity index is 490. The second kappa shape index (κ2) is 3.81. The highest BCUT2D eigenvalue weighted by molar-refractivity contribution is 6.29. The summed E-state index contributed by atoms with van der Waals surface area (Å²) < 4.78 is 1.69. The van der Waals surface area contributed by atoms with Crippen LogP contribution in [-0.2, 0) is 0 Å². The van der Waals surface area contributed by atoms with Gasteiger partial charge >= 0.3 is 0 Å². The lowest BCUT2D eigenvalue weighted by atomic mass is 10.1. The molecule has 2 aromatic rings. The summed E-state index contributed by atoms with van der Waals surface area (Å²) in [5, 5.41) is 5.02. The van der Waals surface area contributed by atoms with Crippen molar-refractivity contribution in [2.45, 2.75) is 33.1 Å². The van der Waals surface area contributed by atoms with Crippen LogP contribution in [0.1, 0.15) is 37.6 Å². The van der Waals surface area contributed by atoms with Crippen molar-refractivity contribution in [2.24, 2.45) is 0 Å². The maximum absolute atomic E-state index is 6.08. The van der Waals surface area contributed by atoms with Gasteiger partial charge in [-0.15, -0.1) is 5.10 Å². The minimum absolute atomic E-state index is 0.376. The van der Waals surface area contributed by atoms with Gasteiger partial charge < -0.3 is 0 Å². The average Bonchev–Trinajstić information content (AvgIpc) is 2.60. The number of halogens is 1. The smallest absolute Gasteiger partial charge is 0.157 e. The Morgan fingerprint density at radius 3 is 2.87 bits per heavy atom. The zero-order chi connectivity index (χ0) is 11.0. The van der Waals surface area contributed by atoms with Crippen molar-refractivity contribution in [3.8, 4) is 0 Å². The molecule has 2 rings (SSSR count). The number of nitrogens with zero attached hydrogens (tertiary/aromatic N) is 3. The number of aromatic nitrogens is 3. The fourth-order valence-corrected chi connectivity index (χ4v) is 1.77. The normalized spacial score (nSPS) is 13.3. The van der Waals surface area contributed by atoms with Gasteiger partial charge in [-0.3, -0.25) is 0 Å². The van der Waals surface area contributed by atoms with Crippen molar-refractivity contribution in [2.75, 3.05) is 0 Å². The van der Waals surface area contributed by atoms with Crippen molar-refractivity contribution in [1.29, 1.82) is 0 Å². The predicted octanol–water partition coefficient (Wildman–Crippen LogP) is 3.20. The number of hydrogen-bond acceptors (Lipinski definition) is 2. The molecule has 0 radical (unpaired) electrons. The second-order valence-electron chi connectivity index (χ2n) is 3.90. The van der Waals surface area contributed by atoms with Gasteiger partial charge in [-0.2, -0.15) is 0 Å². The highest BCUT2D eigenvalue weighted by atomic mass is 35.5. The molecule has 80 valence electrons. The molecule has 0 bridgehead atoms. The van der Waals surface area contributed by atoms with Gasteiger partial charge in [0.15, 0.2) is 11.5 Å².